The van der Waals surface area contributed by atoms with Crippen LogP contribution in [-0.2, 0) is 0 Å². The van der Waals surface area contributed by atoms with E-state index in [1.165, 1.54) is 0 Å². The Balaban J connectivity index is 2.55. The van der Waals surface area contributed by atoms with Crippen LogP contribution in [0.2, 0.25) is 5.02 Å². The first-order chi connectivity index (χ1) is 7.11. The van der Waals surface area contributed by atoms with Gasteiger partial charge in [0.15, 0.2) is 5.11 Å². The average Bonchev–Trinajstić information content (AvgIpc) is 2.17. The van der Waals surface area contributed by atoms with Crippen LogP contribution < -0.4 is 10.6 Å². The van der Waals surface area contributed by atoms with E-state index < -0.39 is 0 Å². The second-order valence-corrected chi connectivity index (χ2v) is 3.98. The Labute approximate surface area is 100 Å². The first-order valence-corrected chi connectivity index (χ1v) is 5.36. The van der Waals surface area contributed by atoms with Crippen molar-refractivity contribution in [2.24, 2.45) is 0 Å². The fourth-order valence-electron chi connectivity index (χ4n) is 0.999. The van der Waals surface area contributed by atoms with Crippen LogP contribution in [0.3, 0.4) is 0 Å². The molecule has 80 valence electrons. The smallest absolute Gasteiger partial charge is 0.171 e. The summed E-state index contributed by atoms with van der Waals surface area (Å²) in [5.74, 6) is 0. The second kappa shape index (κ2) is 5.73. The largest absolute Gasteiger partial charge is 0.357 e. The van der Waals surface area contributed by atoms with Gasteiger partial charge in [0.2, 0.25) is 0 Å². The van der Waals surface area contributed by atoms with Gasteiger partial charge in [0.1, 0.15) is 0 Å². The van der Waals surface area contributed by atoms with E-state index in [0.717, 1.165) is 5.69 Å². The number of rotatable bonds is 3. The topological polar surface area (TPSA) is 24.1 Å². The molecule has 1 aromatic rings. The molecular formula is C11H13ClN2S. The SMILES string of the molecule is C=CC(C)NC(=S)Nc1cccc(Cl)c1. The molecule has 0 aliphatic rings. The van der Waals surface area contributed by atoms with E-state index in [1.54, 1.807) is 6.08 Å². The van der Waals surface area contributed by atoms with Gasteiger partial charge in [0.05, 0.1) is 0 Å². The van der Waals surface area contributed by atoms with Crippen molar-refractivity contribution in [1.29, 1.82) is 0 Å². The maximum atomic E-state index is 5.84. The molecule has 0 bridgehead atoms. The Hall–Kier alpha value is -1.06. The summed E-state index contributed by atoms with van der Waals surface area (Å²) in [5.41, 5.74) is 0.872. The summed E-state index contributed by atoms with van der Waals surface area (Å²) in [6.07, 6.45) is 1.78. The lowest BCUT2D eigenvalue weighted by atomic mass is 10.3. The molecule has 1 rings (SSSR count). The minimum atomic E-state index is 0.143. The Kier molecular flexibility index (Phi) is 4.59. The lowest BCUT2D eigenvalue weighted by Gasteiger charge is -2.13. The molecule has 2 nitrogen and oxygen atoms in total. The van der Waals surface area contributed by atoms with E-state index in [1.807, 2.05) is 31.2 Å². The van der Waals surface area contributed by atoms with Crippen LogP contribution in [0.15, 0.2) is 36.9 Å². The Morgan fingerprint density at radius 1 is 1.60 bits per heavy atom. The molecule has 0 amide bonds. The molecule has 0 aliphatic carbocycles. The molecule has 0 aromatic heterocycles. The van der Waals surface area contributed by atoms with Crippen molar-refractivity contribution in [3.63, 3.8) is 0 Å². The van der Waals surface area contributed by atoms with Gasteiger partial charge in [-0.2, -0.15) is 0 Å². The van der Waals surface area contributed by atoms with Gasteiger partial charge < -0.3 is 10.6 Å². The zero-order valence-electron chi connectivity index (χ0n) is 8.46. The van der Waals surface area contributed by atoms with Gasteiger partial charge >= 0.3 is 0 Å². The number of benzene rings is 1. The summed E-state index contributed by atoms with van der Waals surface area (Å²) < 4.78 is 0. The Bertz CT molecular complexity index is 365. The molecular weight excluding hydrogens is 228 g/mol. The molecule has 2 N–H and O–H groups in total. The van der Waals surface area contributed by atoms with Gasteiger partial charge in [-0.25, -0.2) is 0 Å². The van der Waals surface area contributed by atoms with Gasteiger partial charge in [0, 0.05) is 16.8 Å². The average molecular weight is 241 g/mol. The van der Waals surface area contributed by atoms with Crippen molar-refractivity contribution in [1.82, 2.24) is 5.32 Å². The molecule has 0 saturated carbocycles. The van der Waals surface area contributed by atoms with Gasteiger partial charge in [-0.05, 0) is 37.3 Å². The number of hydrogen-bond acceptors (Lipinski definition) is 1. The highest BCUT2D eigenvalue weighted by atomic mass is 35.5. The van der Waals surface area contributed by atoms with Gasteiger partial charge in [-0.3, -0.25) is 0 Å². The number of halogens is 1. The zero-order valence-corrected chi connectivity index (χ0v) is 10.0. The normalized spacial score (nSPS) is 11.6. The molecule has 15 heavy (non-hydrogen) atoms. The summed E-state index contributed by atoms with van der Waals surface area (Å²) in [6, 6.07) is 7.54. The van der Waals surface area contributed by atoms with Gasteiger partial charge in [-0.15, -0.1) is 6.58 Å². The minimum absolute atomic E-state index is 0.143. The van der Waals surface area contributed by atoms with E-state index in [-0.39, 0.29) is 6.04 Å². The van der Waals surface area contributed by atoms with Crippen LogP contribution in [-0.4, -0.2) is 11.2 Å². The quantitative estimate of drug-likeness (QED) is 0.627. The van der Waals surface area contributed by atoms with Crippen molar-refractivity contribution >= 4 is 34.6 Å². The molecule has 0 spiro atoms. The number of nitrogens with one attached hydrogen (secondary N) is 2. The third-order valence-corrected chi connectivity index (χ3v) is 2.25. The van der Waals surface area contributed by atoms with Crippen LogP contribution in [0.1, 0.15) is 6.92 Å². The summed E-state index contributed by atoms with van der Waals surface area (Å²) in [4.78, 5) is 0. The fraction of sp³-hybridized carbons (Fsp3) is 0.182. The summed E-state index contributed by atoms with van der Waals surface area (Å²) >= 11 is 11.0. The maximum absolute atomic E-state index is 5.84. The van der Waals surface area contributed by atoms with E-state index in [2.05, 4.69) is 17.2 Å². The molecule has 0 aliphatic heterocycles. The minimum Gasteiger partial charge on any atom is -0.357 e. The Morgan fingerprint density at radius 3 is 2.93 bits per heavy atom. The number of thiocarbonyl (C=S) groups is 1. The first kappa shape index (κ1) is 12.0. The van der Waals surface area contributed by atoms with E-state index in [9.17, 15) is 0 Å². The first-order valence-electron chi connectivity index (χ1n) is 4.57. The fourth-order valence-corrected chi connectivity index (χ4v) is 1.49. The monoisotopic (exact) mass is 240 g/mol. The highest BCUT2D eigenvalue weighted by molar-refractivity contribution is 7.80. The summed E-state index contributed by atoms with van der Waals surface area (Å²) in [6.45, 7) is 5.63. The number of hydrogen-bond donors (Lipinski definition) is 2. The van der Waals surface area contributed by atoms with E-state index in [4.69, 9.17) is 23.8 Å². The maximum Gasteiger partial charge on any atom is 0.171 e. The lowest BCUT2D eigenvalue weighted by molar-refractivity contribution is 0.815. The van der Waals surface area contributed by atoms with Crippen molar-refractivity contribution < 1.29 is 0 Å². The molecule has 1 unspecified atom stereocenters. The van der Waals surface area contributed by atoms with Gasteiger partial charge in [-0.1, -0.05) is 23.7 Å². The Morgan fingerprint density at radius 2 is 2.33 bits per heavy atom. The summed E-state index contributed by atoms with van der Waals surface area (Å²) in [5, 5.41) is 7.33. The molecule has 1 atom stereocenters. The molecule has 0 heterocycles. The third kappa shape index (κ3) is 4.32. The van der Waals surface area contributed by atoms with Crippen molar-refractivity contribution in [2.75, 3.05) is 5.32 Å². The third-order valence-electron chi connectivity index (χ3n) is 1.79. The lowest BCUT2D eigenvalue weighted by Crippen LogP contribution is -2.34. The molecule has 0 saturated heterocycles. The summed E-state index contributed by atoms with van der Waals surface area (Å²) in [7, 11) is 0. The van der Waals surface area contributed by atoms with Crippen molar-refractivity contribution in [3.8, 4) is 0 Å². The standard InChI is InChI=1S/C11H13ClN2S/c1-3-8(2)13-11(15)14-10-6-4-5-9(12)7-10/h3-8H,1H2,2H3,(H2,13,14,15). The van der Waals surface area contributed by atoms with Crippen LogP contribution >= 0.6 is 23.8 Å². The van der Waals surface area contributed by atoms with Crippen molar-refractivity contribution in [3.05, 3.63) is 41.9 Å². The second-order valence-electron chi connectivity index (χ2n) is 3.13. The van der Waals surface area contributed by atoms with Crippen molar-refractivity contribution in [2.45, 2.75) is 13.0 Å². The van der Waals surface area contributed by atoms with E-state index in [0.29, 0.717) is 10.1 Å². The molecule has 4 heteroatoms. The highest BCUT2D eigenvalue weighted by Gasteiger charge is 2.00. The predicted octanol–water partition coefficient (Wildman–Crippen LogP) is 3.20. The molecule has 0 radical (unpaired) electrons. The van der Waals surface area contributed by atoms with Crippen LogP contribution in [0.5, 0.6) is 0 Å². The van der Waals surface area contributed by atoms with E-state index >= 15 is 0 Å². The van der Waals surface area contributed by atoms with Gasteiger partial charge in [0.25, 0.3) is 0 Å². The van der Waals surface area contributed by atoms with Crippen LogP contribution in [0, 0.1) is 0 Å². The zero-order chi connectivity index (χ0) is 11.3. The molecule has 0 fully saturated rings. The highest BCUT2D eigenvalue weighted by Crippen LogP contribution is 2.14. The van der Waals surface area contributed by atoms with Crippen LogP contribution in [0.25, 0.3) is 0 Å². The number of anilines is 1. The predicted molar refractivity (Wildman–Crippen MR) is 70.5 cm³/mol. The molecule has 1 aromatic carbocycles. The van der Waals surface area contributed by atoms with Crippen LogP contribution in [0.4, 0.5) is 5.69 Å².